The first kappa shape index (κ1) is 18.1. The highest BCUT2D eigenvalue weighted by Crippen LogP contribution is 2.25. The molecule has 0 saturated carbocycles. The topological polar surface area (TPSA) is 96.2 Å². The van der Waals surface area contributed by atoms with E-state index in [2.05, 4.69) is 4.74 Å². The van der Waals surface area contributed by atoms with Gasteiger partial charge in [0.1, 0.15) is 12.2 Å². The first-order chi connectivity index (χ1) is 9.99. The lowest BCUT2D eigenvalue weighted by molar-refractivity contribution is -0.166. The standard InChI is InChI=1S/C15H26O6/c1-3-4-7-11(16)14(18)15(19)12-8-5-6-10(21-12)9-13(17)20-2/h3-4,10-12,14-16,18-19H,5-9H2,1-2H3/b4-3+. The smallest absolute Gasteiger partial charge is 0.308 e. The van der Waals surface area contributed by atoms with Crippen molar-refractivity contribution in [2.24, 2.45) is 0 Å². The molecule has 0 spiro atoms. The number of aliphatic hydroxyl groups is 3. The second kappa shape index (κ2) is 9.15. The fourth-order valence-electron chi connectivity index (χ4n) is 2.46. The zero-order chi connectivity index (χ0) is 15.8. The molecule has 1 aliphatic heterocycles. The maximum Gasteiger partial charge on any atom is 0.308 e. The maximum atomic E-state index is 11.3. The molecule has 1 saturated heterocycles. The number of carbonyl (C=O) groups excluding carboxylic acids is 1. The zero-order valence-corrected chi connectivity index (χ0v) is 12.6. The second-order valence-corrected chi connectivity index (χ2v) is 5.36. The minimum atomic E-state index is -1.27. The largest absolute Gasteiger partial charge is 0.469 e. The van der Waals surface area contributed by atoms with Crippen LogP contribution in [-0.2, 0) is 14.3 Å². The quantitative estimate of drug-likeness (QED) is 0.469. The number of esters is 1. The predicted octanol–water partition coefficient (Wildman–Crippen LogP) is 0.536. The monoisotopic (exact) mass is 302 g/mol. The number of carbonyl (C=O) groups is 1. The summed E-state index contributed by atoms with van der Waals surface area (Å²) in [4.78, 5) is 11.3. The van der Waals surface area contributed by atoms with Crippen molar-refractivity contribution in [3.05, 3.63) is 12.2 Å². The van der Waals surface area contributed by atoms with Crippen molar-refractivity contribution < 1.29 is 29.6 Å². The molecule has 3 N–H and O–H groups in total. The number of ether oxygens (including phenoxy) is 2. The van der Waals surface area contributed by atoms with Gasteiger partial charge in [-0.25, -0.2) is 0 Å². The Morgan fingerprint density at radius 3 is 2.71 bits per heavy atom. The van der Waals surface area contributed by atoms with Crippen molar-refractivity contribution in [3.8, 4) is 0 Å². The van der Waals surface area contributed by atoms with Gasteiger partial charge >= 0.3 is 5.97 Å². The van der Waals surface area contributed by atoms with E-state index in [1.54, 1.807) is 12.2 Å². The summed E-state index contributed by atoms with van der Waals surface area (Å²) in [6.07, 6.45) is 1.62. The third-order valence-corrected chi connectivity index (χ3v) is 3.74. The summed E-state index contributed by atoms with van der Waals surface area (Å²) in [6.45, 7) is 1.82. The van der Waals surface area contributed by atoms with E-state index in [9.17, 15) is 20.1 Å². The highest BCUT2D eigenvalue weighted by atomic mass is 16.5. The van der Waals surface area contributed by atoms with Crippen LogP contribution in [0.4, 0.5) is 0 Å². The lowest BCUT2D eigenvalue weighted by Crippen LogP contribution is -2.48. The van der Waals surface area contributed by atoms with Crippen LogP contribution in [0.1, 0.15) is 39.0 Å². The van der Waals surface area contributed by atoms with Gasteiger partial charge in [0, 0.05) is 0 Å². The first-order valence-corrected chi connectivity index (χ1v) is 7.37. The van der Waals surface area contributed by atoms with Gasteiger partial charge in [0.05, 0.1) is 31.8 Å². The second-order valence-electron chi connectivity index (χ2n) is 5.36. The number of hydrogen-bond acceptors (Lipinski definition) is 6. The summed E-state index contributed by atoms with van der Waals surface area (Å²) in [5.74, 6) is -0.358. The molecule has 0 aromatic carbocycles. The van der Waals surface area contributed by atoms with Gasteiger partial charge in [0.25, 0.3) is 0 Å². The summed E-state index contributed by atoms with van der Waals surface area (Å²) >= 11 is 0. The molecule has 0 radical (unpaired) electrons. The van der Waals surface area contributed by atoms with Crippen LogP contribution in [0.3, 0.4) is 0 Å². The van der Waals surface area contributed by atoms with Crippen LogP contribution in [0.15, 0.2) is 12.2 Å². The Hall–Kier alpha value is -0.950. The Morgan fingerprint density at radius 1 is 1.38 bits per heavy atom. The van der Waals surface area contributed by atoms with Crippen LogP contribution in [0.5, 0.6) is 0 Å². The van der Waals surface area contributed by atoms with E-state index >= 15 is 0 Å². The number of allylic oxidation sites excluding steroid dienone is 1. The average molecular weight is 302 g/mol. The SMILES string of the molecule is C/C=C/CC(O)C(O)C(O)C1CCCC(CC(=O)OC)O1. The van der Waals surface area contributed by atoms with Gasteiger partial charge in [-0.3, -0.25) is 4.79 Å². The van der Waals surface area contributed by atoms with E-state index in [0.717, 1.165) is 12.8 Å². The number of rotatable bonds is 7. The van der Waals surface area contributed by atoms with Crippen molar-refractivity contribution in [3.63, 3.8) is 0 Å². The summed E-state index contributed by atoms with van der Waals surface area (Å²) in [5, 5.41) is 29.9. The Bertz CT molecular complexity index is 343. The summed E-state index contributed by atoms with van der Waals surface area (Å²) in [6, 6.07) is 0. The third-order valence-electron chi connectivity index (χ3n) is 3.74. The van der Waals surface area contributed by atoms with Crippen LogP contribution >= 0.6 is 0 Å². The lowest BCUT2D eigenvalue weighted by atomic mass is 9.93. The van der Waals surface area contributed by atoms with Crippen molar-refractivity contribution in [2.75, 3.05) is 7.11 Å². The van der Waals surface area contributed by atoms with E-state index < -0.39 is 24.4 Å². The van der Waals surface area contributed by atoms with E-state index in [4.69, 9.17) is 4.74 Å². The van der Waals surface area contributed by atoms with Gasteiger partial charge in [-0.2, -0.15) is 0 Å². The molecule has 1 heterocycles. The van der Waals surface area contributed by atoms with Crippen molar-refractivity contribution in [1.29, 1.82) is 0 Å². The normalized spacial score (nSPS) is 27.3. The van der Waals surface area contributed by atoms with Crippen LogP contribution in [0.2, 0.25) is 0 Å². The van der Waals surface area contributed by atoms with E-state index in [-0.39, 0.29) is 24.9 Å². The fourth-order valence-corrected chi connectivity index (χ4v) is 2.46. The van der Waals surface area contributed by atoms with Gasteiger partial charge in [0.15, 0.2) is 0 Å². The molecule has 6 nitrogen and oxygen atoms in total. The molecule has 1 rings (SSSR count). The Labute approximate surface area is 125 Å². The van der Waals surface area contributed by atoms with E-state index in [1.807, 2.05) is 6.92 Å². The fraction of sp³-hybridized carbons (Fsp3) is 0.800. The summed E-state index contributed by atoms with van der Waals surface area (Å²) in [5.41, 5.74) is 0. The maximum absolute atomic E-state index is 11.3. The Kier molecular flexibility index (Phi) is 7.88. The van der Waals surface area contributed by atoms with E-state index in [1.165, 1.54) is 7.11 Å². The Balaban J connectivity index is 2.52. The van der Waals surface area contributed by atoms with Crippen molar-refractivity contribution >= 4 is 5.97 Å². The Morgan fingerprint density at radius 2 is 2.10 bits per heavy atom. The highest BCUT2D eigenvalue weighted by molar-refractivity contribution is 5.69. The van der Waals surface area contributed by atoms with Crippen LogP contribution in [0.25, 0.3) is 0 Å². The summed E-state index contributed by atoms with van der Waals surface area (Å²) < 4.78 is 10.3. The van der Waals surface area contributed by atoms with Crippen molar-refractivity contribution in [2.45, 2.75) is 69.5 Å². The lowest BCUT2D eigenvalue weighted by Gasteiger charge is -2.35. The van der Waals surface area contributed by atoms with Gasteiger partial charge in [-0.1, -0.05) is 12.2 Å². The van der Waals surface area contributed by atoms with Crippen LogP contribution in [0, 0.1) is 0 Å². The molecule has 0 aliphatic carbocycles. The number of hydrogen-bond donors (Lipinski definition) is 3. The number of methoxy groups -OCH3 is 1. The third kappa shape index (κ3) is 5.74. The average Bonchev–Trinajstić information content (AvgIpc) is 2.51. The zero-order valence-electron chi connectivity index (χ0n) is 12.6. The molecule has 1 aliphatic rings. The molecule has 21 heavy (non-hydrogen) atoms. The molecule has 122 valence electrons. The molecule has 5 unspecified atom stereocenters. The van der Waals surface area contributed by atoms with Crippen molar-refractivity contribution in [1.82, 2.24) is 0 Å². The predicted molar refractivity (Wildman–Crippen MR) is 76.6 cm³/mol. The molecular weight excluding hydrogens is 276 g/mol. The minimum Gasteiger partial charge on any atom is -0.469 e. The summed E-state index contributed by atoms with van der Waals surface area (Å²) in [7, 11) is 1.32. The van der Waals surface area contributed by atoms with Gasteiger partial charge in [-0.15, -0.1) is 0 Å². The van der Waals surface area contributed by atoms with Gasteiger partial charge < -0.3 is 24.8 Å². The minimum absolute atomic E-state index is 0.136. The van der Waals surface area contributed by atoms with Crippen LogP contribution in [-0.4, -0.2) is 58.9 Å². The number of aliphatic hydroxyl groups excluding tert-OH is 3. The molecule has 0 aromatic rings. The molecule has 0 bridgehead atoms. The van der Waals surface area contributed by atoms with Gasteiger partial charge in [0.2, 0.25) is 0 Å². The highest BCUT2D eigenvalue weighted by Gasteiger charge is 2.35. The molecular formula is C15H26O6. The molecule has 6 heteroatoms. The first-order valence-electron chi connectivity index (χ1n) is 7.37. The van der Waals surface area contributed by atoms with Gasteiger partial charge in [-0.05, 0) is 32.6 Å². The molecule has 5 atom stereocenters. The van der Waals surface area contributed by atoms with E-state index in [0.29, 0.717) is 6.42 Å². The molecule has 0 amide bonds. The molecule has 1 fully saturated rings. The molecule has 0 aromatic heterocycles. The van der Waals surface area contributed by atoms with Crippen LogP contribution < -0.4 is 0 Å².